The molecule has 0 radical (unpaired) electrons. The van der Waals surface area contributed by atoms with E-state index in [-0.39, 0.29) is 11.8 Å². The first-order valence-corrected chi connectivity index (χ1v) is 11.4. The predicted molar refractivity (Wildman–Crippen MR) is 128 cm³/mol. The van der Waals surface area contributed by atoms with E-state index in [0.29, 0.717) is 39.6 Å². The minimum absolute atomic E-state index is 0.327. The Bertz CT molecular complexity index is 1110. The fourth-order valence-electron chi connectivity index (χ4n) is 5.05. The number of methoxy groups -OCH3 is 1. The van der Waals surface area contributed by atoms with Crippen LogP contribution in [0.1, 0.15) is 37.0 Å². The second kappa shape index (κ2) is 8.62. The van der Waals surface area contributed by atoms with Gasteiger partial charge in [-0.25, -0.2) is 4.90 Å². The van der Waals surface area contributed by atoms with E-state index in [1.165, 1.54) is 12.0 Å². The molecule has 2 aromatic carbocycles. The highest BCUT2D eigenvalue weighted by Crippen LogP contribution is 2.41. The molecule has 2 heterocycles. The Morgan fingerprint density at radius 2 is 1.66 bits per heavy atom. The van der Waals surface area contributed by atoms with Crippen molar-refractivity contribution in [2.75, 3.05) is 25.1 Å². The van der Waals surface area contributed by atoms with E-state index in [2.05, 4.69) is 18.7 Å². The largest absolute Gasteiger partial charge is 0.495 e. The zero-order chi connectivity index (χ0) is 23.2. The summed E-state index contributed by atoms with van der Waals surface area (Å²) in [6.45, 7) is 9.87. The number of ether oxygens (including phenoxy) is 1. The molecule has 32 heavy (non-hydrogen) atoms. The maximum atomic E-state index is 13.9. The number of benzene rings is 2. The lowest BCUT2D eigenvalue weighted by atomic mass is 9.90. The van der Waals surface area contributed by atoms with Crippen LogP contribution in [0.5, 0.6) is 5.75 Å². The fraction of sp³-hybridized carbons (Fsp3) is 0.385. The molecule has 0 aromatic heterocycles. The number of rotatable bonds is 4. The van der Waals surface area contributed by atoms with E-state index in [1.807, 2.05) is 32.0 Å². The third-order valence-corrected chi connectivity index (χ3v) is 6.51. The van der Waals surface area contributed by atoms with Gasteiger partial charge >= 0.3 is 0 Å². The molecule has 0 aliphatic carbocycles. The van der Waals surface area contributed by atoms with Crippen molar-refractivity contribution in [2.24, 2.45) is 11.8 Å². The predicted octanol–water partition coefficient (Wildman–Crippen LogP) is 5.23. The van der Waals surface area contributed by atoms with Crippen LogP contribution in [0.15, 0.2) is 42.1 Å². The van der Waals surface area contributed by atoms with Crippen molar-refractivity contribution in [3.05, 3.63) is 63.8 Å². The average molecular weight is 453 g/mol. The molecule has 168 valence electrons. The van der Waals surface area contributed by atoms with Crippen LogP contribution in [0.4, 0.5) is 5.69 Å². The minimum atomic E-state index is -0.344. The van der Waals surface area contributed by atoms with Crippen molar-refractivity contribution < 1.29 is 14.3 Å². The van der Waals surface area contributed by atoms with Crippen molar-refractivity contribution in [2.45, 2.75) is 34.1 Å². The van der Waals surface area contributed by atoms with E-state index in [1.54, 1.807) is 18.2 Å². The summed E-state index contributed by atoms with van der Waals surface area (Å²) in [5.74, 6) is 0.626. The van der Waals surface area contributed by atoms with Gasteiger partial charge in [0.2, 0.25) is 0 Å². The molecule has 5 nitrogen and oxygen atoms in total. The molecule has 2 atom stereocenters. The Balaban J connectivity index is 1.90. The molecule has 1 saturated heterocycles. The van der Waals surface area contributed by atoms with Gasteiger partial charge in [0, 0.05) is 18.1 Å². The highest BCUT2D eigenvalue weighted by molar-refractivity contribution is 6.46. The zero-order valence-electron chi connectivity index (χ0n) is 19.2. The molecule has 2 aromatic rings. The average Bonchev–Trinajstić information content (AvgIpc) is 2.97. The Morgan fingerprint density at radius 3 is 2.28 bits per heavy atom. The van der Waals surface area contributed by atoms with Gasteiger partial charge in [-0.15, -0.1) is 0 Å². The first-order chi connectivity index (χ1) is 15.2. The highest BCUT2D eigenvalue weighted by Gasteiger charge is 2.45. The molecule has 0 spiro atoms. The normalized spacial score (nSPS) is 21.6. The van der Waals surface area contributed by atoms with E-state index in [0.717, 1.165) is 36.2 Å². The van der Waals surface area contributed by atoms with Crippen LogP contribution in [-0.2, 0) is 9.59 Å². The third kappa shape index (κ3) is 3.90. The van der Waals surface area contributed by atoms with Gasteiger partial charge in [-0.05, 0) is 61.4 Å². The molecule has 6 heteroatoms. The number of carbonyl (C=O) groups is 2. The number of hydrogen-bond donors (Lipinski definition) is 0. The Morgan fingerprint density at radius 1 is 0.969 bits per heavy atom. The molecule has 4 rings (SSSR count). The van der Waals surface area contributed by atoms with Gasteiger partial charge in [0.1, 0.15) is 11.4 Å². The maximum absolute atomic E-state index is 13.9. The summed E-state index contributed by atoms with van der Waals surface area (Å²) in [6, 6.07) is 10.9. The smallest absolute Gasteiger partial charge is 0.282 e. The third-order valence-electron chi connectivity index (χ3n) is 6.28. The number of aryl methyl sites for hydroxylation is 2. The van der Waals surface area contributed by atoms with E-state index in [4.69, 9.17) is 16.3 Å². The number of likely N-dealkylation sites (tertiary alicyclic amines) is 1. The highest BCUT2D eigenvalue weighted by atomic mass is 35.5. The number of piperidine rings is 1. The van der Waals surface area contributed by atoms with Gasteiger partial charge in [0.25, 0.3) is 11.8 Å². The molecule has 2 aliphatic heterocycles. The number of hydrogen-bond acceptors (Lipinski definition) is 4. The lowest BCUT2D eigenvalue weighted by molar-refractivity contribution is -0.120. The molecule has 2 amide bonds. The van der Waals surface area contributed by atoms with Gasteiger partial charge < -0.3 is 9.64 Å². The number of anilines is 1. The van der Waals surface area contributed by atoms with E-state index < -0.39 is 0 Å². The number of carbonyl (C=O) groups excluding carboxylic acids is 2. The van der Waals surface area contributed by atoms with Crippen LogP contribution in [0.3, 0.4) is 0 Å². The monoisotopic (exact) mass is 452 g/mol. The topological polar surface area (TPSA) is 49.9 Å². The quantitative estimate of drug-likeness (QED) is 0.596. The molecular formula is C26H29ClN2O3. The van der Waals surface area contributed by atoms with Crippen molar-refractivity contribution in [3.8, 4) is 5.75 Å². The van der Waals surface area contributed by atoms with Gasteiger partial charge in [-0.3, -0.25) is 9.59 Å². The second-order valence-corrected chi connectivity index (χ2v) is 9.59. The van der Waals surface area contributed by atoms with Crippen LogP contribution in [0, 0.1) is 25.7 Å². The van der Waals surface area contributed by atoms with Gasteiger partial charge in [0.15, 0.2) is 0 Å². The summed E-state index contributed by atoms with van der Waals surface area (Å²) in [7, 11) is 1.52. The Kier molecular flexibility index (Phi) is 6.04. The number of nitrogens with zero attached hydrogens (tertiary/aromatic N) is 2. The standard InChI is InChI=1S/C26H29ClN2O3/c1-15-6-8-20(18(4)11-15)23-24(28-13-16(2)10-17(3)14-28)26(31)29(25(23)30)21-12-19(27)7-9-22(21)32-5/h6-9,11-12,16-17H,10,13-14H2,1-5H3. The SMILES string of the molecule is COc1ccc(Cl)cc1N1C(=O)C(c2ccc(C)cc2C)=C(N2CC(C)CC(C)C2)C1=O. The van der Waals surface area contributed by atoms with Crippen LogP contribution in [0.25, 0.3) is 5.57 Å². The zero-order valence-corrected chi connectivity index (χ0v) is 20.0. The molecule has 0 bridgehead atoms. The summed E-state index contributed by atoms with van der Waals surface area (Å²) >= 11 is 6.24. The van der Waals surface area contributed by atoms with Crippen LogP contribution in [-0.4, -0.2) is 36.9 Å². The molecule has 0 saturated carbocycles. The summed E-state index contributed by atoms with van der Waals surface area (Å²) in [6.07, 6.45) is 1.11. The van der Waals surface area contributed by atoms with E-state index >= 15 is 0 Å². The van der Waals surface area contributed by atoms with Crippen LogP contribution >= 0.6 is 11.6 Å². The fourth-order valence-corrected chi connectivity index (χ4v) is 5.22. The van der Waals surface area contributed by atoms with Gasteiger partial charge in [0.05, 0.1) is 18.4 Å². The first-order valence-electron chi connectivity index (χ1n) is 11.0. The van der Waals surface area contributed by atoms with E-state index in [9.17, 15) is 9.59 Å². The van der Waals surface area contributed by atoms with Crippen molar-refractivity contribution in [3.63, 3.8) is 0 Å². The molecule has 2 aliphatic rings. The minimum Gasteiger partial charge on any atom is -0.495 e. The lowest BCUT2D eigenvalue weighted by Gasteiger charge is -2.37. The summed E-state index contributed by atoms with van der Waals surface area (Å²) in [5, 5.41) is 0.433. The summed E-state index contributed by atoms with van der Waals surface area (Å²) < 4.78 is 5.47. The van der Waals surface area contributed by atoms with Crippen LogP contribution in [0.2, 0.25) is 5.02 Å². The Labute approximate surface area is 194 Å². The van der Waals surface area contributed by atoms with Crippen LogP contribution < -0.4 is 9.64 Å². The number of amides is 2. The van der Waals surface area contributed by atoms with Gasteiger partial charge in [-0.2, -0.15) is 0 Å². The molecule has 1 fully saturated rings. The number of halogens is 1. The number of imide groups is 1. The van der Waals surface area contributed by atoms with Gasteiger partial charge in [-0.1, -0.05) is 49.2 Å². The first kappa shape index (κ1) is 22.4. The molecular weight excluding hydrogens is 424 g/mol. The van der Waals surface area contributed by atoms with Crippen molar-refractivity contribution >= 4 is 34.7 Å². The Hall–Kier alpha value is -2.79. The van der Waals surface area contributed by atoms with Crippen molar-refractivity contribution in [1.82, 2.24) is 4.90 Å². The van der Waals surface area contributed by atoms with Crippen molar-refractivity contribution in [1.29, 1.82) is 0 Å². The summed E-state index contributed by atoms with van der Waals surface area (Å²) in [4.78, 5) is 31.1. The maximum Gasteiger partial charge on any atom is 0.282 e. The molecule has 2 unspecified atom stereocenters. The summed E-state index contributed by atoms with van der Waals surface area (Å²) in [5.41, 5.74) is 4.16. The second-order valence-electron chi connectivity index (χ2n) is 9.15. The lowest BCUT2D eigenvalue weighted by Crippen LogP contribution is -2.42. The molecule has 0 N–H and O–H groups in total.